The van der Waals surface area contributed by atoms with E-state index in [1.54, 1.807) is 14.2 Å². The smallest absolute Gasteiger partial charge is 0.191 e. The fourth-order valence-corrected chi connectivity index (χ4v) is 3.67. The number of hydrogen-bond donors (Lipinski definition) is 2. The van der Waals surface area contributed by atoms with Crippen molar-refractivity contribution in [3.8, 4) is 11.5 Å². The lowest BCUT2D eigenvalue weighted by Gasteiger charge is -2.19. The van der Waals surface area contributed by atoms with Crippen molar-refractivity contribution in [1.29, 1.82) is 0 Å². The maximum absolute atomic E-state index is 6.27. The molecule has 1 aliphatic rings. The molecule has 1 aliphatic carbocycles. The Morgan fingerprint density at radius 1 is 1.24 bits per heavy atom. The summed E-state index contributed by atoms with van der Waals surface area (Å²) in [6.45, 7) is 5.28. The van der Waals surface area contributed by atoms with Crippen molar-refractivity contribution in [2.45, 2.75) is 58.6 Å². The molecule has 1 fully saturated rings. The number of benzene rings is 1. The first-order valence-corrected chi connectivity index (χ1v) is 10.3. The largest absolute Gasteiger partial charge is 0.497 e. The van der Waals surface area contributed by atoms with Gasteiger partial charge < -0.3 is 24.6 Å². The van der Waals surface area contributed by atoms with Crippen LogP contribution in [0, 0.1) is 13.8 Å². The molecular weight excluding hydrogens is 368 g/mol. The fraction of sp³-hybridized carbons (Fsp3) is 0.545. The summed E-state index contributed by atoms with van der Waals surface area (Å²) < 4.78 is 16.9. The summed E-state index contributed by atoms with van der Waals surface area (Å²) in [4.78, 5) is 4.32. The van der Waals surface area contributed by atoms with Crippen LogP contribution in [0.3, 0.4) is 0 Å². The van der Waals surface area contributed by atoms with Crippen molar-refractivity contribution in [3.63, 3.8) is 0 Å². The summed E-state index contributed by atoms with van der Waals surface area (Å²) in [5.41, 5.74) is 3.18. The van der Waals surface area contributed by atoms with E-state index in [9.17, 15) is 0 Å². The first-order valence-electron chi connectivity index (χ1n) is 10.3. The van der Waals surface area contributed by atoms with Gasteiger partial charge in [-0.25, -0.2) is 0 Å². The van der Waals surface area contributed by atoms with E-state index >= 15 is 0 Å². The van der Waals surface area contributed by atoms with Crippen LogP contribution in [0.15, 0.2) is 27.7 Å². The molecule has 2 N–H and O–H groups in total. The number of methoxy groups -OCH3 is 1. The van der Waals surface area contributed by atoms with Gasteiger partial charge in [0.05, 0.1) is 18.9 Å². The summed E-state index contributed by atoms with van der Waals surface area (Å²) in [5, 5.41) is 10.7. The van der Waals surface area contributed by atoms with E-state index < -0.39 is 0 Å². The van der Waals surface area contributed by atoms with E-state index in [1.165, 1.54) is 12.8 Å². The molecule has 0 saturated heterocycles. The van der Waals surface area contributed by atoms with Gasteiger partial charge in [-0.1, -0.05) is 5.16 Å². The number of aliphatic imine (C=N–C) groups is 1. The average Bonchev–Trinajstić information content (AvgIpc) is 3.35. The Morgan fingerprint density at radius 2 is 2.03 bits per heavy atom. The van der Waals surface area contributed by atoms with Crippen molar-refractivity contribution >= 4 is 5.96 Å². The van der Waals surface area contributed by atoms with Gasteiger partial charge in [-0.15, -0.1) is 0 Å². The van der Waals surface area contributed by atoms with Crippen molar-refractivity contribution < 1.29 is 14.0 Å². The minimum Gasteiger partial charge on any atom is -0.497 e. The van der Waals surface area contributed by atoms with Gasteiger partial charge in [0.15, 0.2) is 5.96 Å². The van der Waals surface area contributed by atoms with Gasteiger partial charge >= 0.3 is 0 Å². The molecule has 0 aliphatic heterocycles. The highest BCUT2D eigenvalue weighted by Crippen LogP contribution is 2.30. The van der Waals surface area contributed by atoms with E-state index in [4.69, 9.17) is 14.0 Å². The van der Waals surface area contributed by atoms with Gasteiger partial charge in [0.1, 0.15) is 17.3 Å². The highest BCUT2D eigenvalue weighted by atomic mass is 16.5. The number of aryl methyl sites for hydroxylation is 2. The maximum atomic E-state index is 6.27. The second-order valence-corrected chi connectivity index (χ2v) is 7.40. The van der Waals surface area contributed by atoms with Crippen LogP contribution in [-0.2, 0) is 13.0 Å². The molecule has 158 valence electrons. The average molecular weight is 401 g/mol. The van der Waals surface area contributed by atoms with Gasteiger partial charge in [0.2, 0.25) is 0 Å². The lowest BCUT2D eigenvalue weighted by molar-refractivity contribution is 0.207. The quantitative estimate of drug-likeness (QED) is 0.521. The Kier molecular flexibility index (Phi) is 7.38. The number of guanidine groups is 1. The molecule has 7 nitrogen and oxygen atoms in total. The van der Waals surface area contributed by atoms with Crippen LogP contribution in [0.25, 0.3) is 0 Å². The zero-order chi connectivity index (χ0) is 20.6. The van der Waals surface area contributed by atoms with Crippen molar-refractivity contribution in [1.82, 2.24) is 15.8 Å². The third-order valence-electron chi connectivity index (χ3n) is 5.39. The molecule has 0 unspecified atom stereocenters. The molecule has 1 saturated carbocycles. The second kappa shape index (κ2) is 10.2. The highest BCUT2D eigenvalue weighted by molar-refractivity contribution is 5.79. The summed E-state index contributed by atoms with van der Waals surface area (Å²) in [6, 6.07) is 5.99. The fourth-order valence-electron chi connectivity index (χ4n) is 3.67. The Balaban J connectivity index is 1.56. The highest BCUT2D eigenvalue weighted by Gasteiger charge is 2.18. The molecule has 3 rings (SSSR count). The first-order chi connectivity index (χ1) is 14.1. The third-order valence-corrected chi connectivity index (χ3v) is 5.39. The van der Waals surface area contributed by atoms with Gasteiger partial charge in [-0.05, 0) is 58.1 Å². The van der Waals surface area contributed by atoms with E-state index in [0.29, 0.717) is 12.6 Å². The summed E-state index contributed by atoms with van der Waals surface area (Å²) >= 11 is 0. The van der Waals surface area contributed by atoms with Gasteiger partial charge in [0.25, 0.3) is 0 Å². The van der Waals surface area contributed by atoms with Crippen LogP contribution in [0.5, 0.6) is 11.5 Å². The minimum atomic E-state index is 0.299. The lowest BCUT2D eigenvalue weighted by Crippen LogP contribution is -2.38. The van der Waals surface area contributed by atoms with Crippen LogP contribution >= 0.6 is 0 Å². The minimum absolute atomic E-state index is 0.299. The van der Waals surface area contributed by atoms with Crippen molar-refractivity contribution in [2.75, 3.05) is 20.7 Å². The van der Waals surface area contributed by atoms with Crippen LogP contribution < -0.4 is 20.1 Å². The normalized spacial score (nSPS) is 14.8. The topological polar surface area (TPSA) is 80.9 Å². The molecule has 0 bridgehead atoms. The summed E-state index contributed by atoms with van der Waals surface area (Å²) in [5.74, 6) is 3.32. The van der Waals surface area contributed by atoms with E-state index in [0.717, 1.165) is 65.8 Å². The Morgan fingerprint density at radius 3 is 2.69 bits per heavy atom. The monoisotopic (exact) mass is 400 g/mol. The molecule has 0 atom stereocenters. The third kappa shape index (κ3) is 5.65. The maximum Gasteiger partial charge on any atom is 0.191 e. The number of rotatable bonds is 8. The molecule has 0 amide bonds. The zero-order valence-electron chi connectivity index (χ0n) is 17.9. The zero-order valence-corrected chi connectivity index (χ0v) is 17.9. The van der Waals surface area contributed by atoms with E-state index in [2.05, 4.69) is 20.8 Å². The molecule has 1 heterocycles. The number of ether oxygens (including phenoxy) is 2. The predicted octanol–water partition coefficient (Wildman–Crippen LogP) is 3.53. The van der Waals surface area contributed by atoms with E-state index in [-0.39, 0.29) is 0 Å². The van der Waals surface area contributed by atoms with Crippen molar-refractivity contribution in [3.05, 3.63) is 40.8 Å². The molecule has 2 aromatic rings. The van der Waals surface area contributed by atoms with Crippen LogP contribution in [0.2, 0.25) is 0 Å². The molecule has 1 aromatic carbocycles. The number of nitrogens with one attached hydrogen (secondary N) is 2. The summed E-state index contributed by atoms with van der Waals surface area (Å²) in [6.07, 6.45) is 5.85. The Bertz CT molecular complexity index is 806. The molecule has 29 heavy (non-hydrogen) atoms. The summed E-state index contributed by atoms with van der Waals surface area (Å²) in [7, 11) is 3.45. The molecular formula is C22H32N4O3. The van der Waals surface area contributed by atoms with E-state index in [1.807, 2.05) is 32.0 Å². The van der Waals surface area contributed by atoms with Gasteiger partial charge in [-0.2, -0.15) is 0 Å². The van der Waals surface area contributed by atoms with Crippen molar-refractivity contribution in [2.24, 2.45) is 4.99 Å². The number of nitrogens with zero attached hydrogens (tertiary/aromatic N) is 2. The van der Waals surface area contributed by atoms with Crippen LogP contribution in [-0.4, -0.2) is 37.9 Å². The van der Waals surface area contributed by atoms with Crippen LogP contribution in [0.4, 0.5) is 0 Å². The van der Waals surface area contributed by atoms with Gasteiger partial charge in [0, 0.05) is 37.3 Å². The number of hydrogen-bond acceptors (Lipinski definition) is 5. The molecule has 7 heteroatoms. The van der Waals surface area contributed by atoms with Gasteiger partial charge in [-0.3, -0.25) is 4.99 Å². The lowest BCUT2D eigenvalue weighted by atomic mass is 10.1. The second-order valence-electron chi connectivity index (χ2n) is 7.40. The number of aromatic nitrogens is 1. The first kappa shape index (κ1) is 21.0. The Hall–Kier alpha value is -2.70. The molecule has 0 spiro atoms. The predicted molar refractivity (Wildman–Crippen MR) is 114 cm³/mol. The molecule has 1 aromatic heterocycles. The van der Waals surface area contributed by atoms with Crippen LogP contribution in [0.1, 0.15) is 48.3 Å². The SMILES string of the molecule is CN=C(NCCc1c(C)noc1C)NCc1ccc(OC)cc1OC1CCCC1. The Labute approximate surface area is 172 Å². The molecule has 0 radical (unpaired) electrons. The standard InChI is InChI=1S/C22H32N4O3/c1-15-20(16(2)29-26-15)11-12-24-22(23-3)25-14-17-9-10-19(27-4)13-21(17)28-18-7-5-6-8-18/h9-10,13,18H,5-8,11-12,14H2,1-4H3,(H2,23,24,25).